The number of carbonyl (C=O) groups is 1. The number of nitrogens with zero attached hydrogens (tertiary/aromatic N) is 2. The van der Waals surface area contributed by atoms with E-state index in [-0.39, 0.29) is 18.7 Å². The van der Waals surface area contributed by atoms with Crippen molar-refractivity contribution in [3.63, 3.8) is 0 Å². The maximum Gasteiger partial charge on any atom is 0.253 e. The molecule has 1 amide bonds. The minimum atomic E-state index is -0.0693. The van der Waals surface area contributed by atoms with Gasteiger partial charge in [0.05, 0.1) is 5.56 Å². The number of hydrogen-bond donors (Lipinski definition) is 1. The summed E-state index contributed by atoms with van der Waals surface area (Å²) in [6.45, 7) is 5.62. The lowest BCUT2D eigenvalue weighted by atomic mass is 9.78. The molecule has 2 aliphatic heterocycles. The lowest BCUT2D eigenvalue weighted by Gasteiger charge is -2.34. The van der Waals surface area contributed by atoms with Gasteiger partial charge < -0.3 is 19.7 Å². The molecule has 0 saturated heterocycles. The average molecular weight is 464 g/mol. The number of aryl methyl sites for hydroxylation is 1. The van der Waals surface area contributed by atoms with Crippen molar-refractivity contribution in [2.75, 3.05) is 18.2 Å². The fourth-order valence-corrected chi connectivity index (χ4v) is 6.59. The van der Waals surface area contributed by atoms with E-state index in [1.54, 1.807) is 11.3 Å². The Labute approximate surface area is 197 Å². The highest BCUT2D eigenvalue weighted by Gasteiger charge is 2.32. The van der Waals surface area contributed by atoms with Gasteiger partial charge in [0, 0.05) is 18.3 Å². The predicted octanol–water partition coefficient (Wildman–Crippen LogP) is 5.66. The van der Waals surface area contributed by atoms with Crippen LogP contribution < -0.4 is 19.7 Å². The molecule has 1 aromatic heterocycles. The number of thiazole rings is 1. The lowest BCUT2D eigenvalue weighted by molar-refractivity contribution is 0.0892. The molecule has 172 valence electrons. The highest BCUT2D eigenvalue weighted by molar-refractivity contribution is 7.22. The minimum absolute atomic E-state index is 0.0693. The number of ether oxygens (including phenoxy) is 2. The zero-order valence-electron chi connectivity index (χ0n) is 19.1. The van der Waals surface area contributed by atoms with Gasteiger partial charge in [-0.3, -0.25) is 4.79 Å². The summed E-state index contributed by atoms with van der Waals surface area (Å²) in [5.41, 5.74) is 3.82. The van der Waals surface area contributed by atoms with E-state index in [2.05, 4.69) is 48.3 Å². The van der Waals surface area contributed by atoms with Crippen molar-refractivity contribution < 1.29 is 14.3 Å². The first-order valence-electron chi connectivity index (χ1n) is 12.0. The molecular formula is C26H29N3O3S. The SMILES string of the molecule is CC1CCCC(NC(=O)c2cc3c(c4sc(N5CCCc6ccccc65)nc24)OCO3)C1C. The first-order chi connectivity index (χ1) is 16.1. The van der Waals surface area contributed by atoms with E-state index in [1.807, 2.05) is 6.07 Å². The number of nitrogens with one attached hydrogen (secondary N) is 1. The number of fused-ring (bicyclic) bond motifs is 4. The van der Waals surface area contributed by atoms with Crippen LogP contribution in [0.3, 0.4) is 0 Å². The van der Waals surface area contributed by atoms with Crippen molar-refractivity contribution in [2.24, 2.45) is 11.8 Å². The third-order valence-electron chi connectivity index (χ3n) is 7.60. The molecule has 1 saturated carbocycles. The van der Waals surface area contributed by atoms with Crippen molar-refractivity contribution in [1.29, 1.82) is 0 Å². The molecule has 6 rings (SSSR count). The number of para-hydroxylation sites is 1. The molecule has 2 aromatic carbocycles. The molecular weight excluding hydrogens is 434 g/mol. The number of carbonyl (C=O) groups excluding carboxylic acids is 1. The molecule has 3 atom stereocenters. The van der Waals surface area contributed by atoms with Crippen molar-refractivity contribution in [3.8, 4) is 11.5 Å². The normalized spacial score (nSPS) is 24.1. The van der Waals surface area contributed by atoms with Crippen LogP contribution in [0.25, 0.3) is 10.2 Å². The topological polar surface area (TPSA) is 63.7 Å². The van der Waals surface area contributed by atoms with Gasteiger partial charge in [-0.15, -0.1) is 0 Å². The quantitative estimate of drug-likeness (QED) is 0.543. The predicted molar refractivity (Wildman–Crippen MR) is 131 cm³/mol. The molecule has 3 heterocycles. The summed E-state index contributed by atoms with van der Waals surface area (Å²) in [5.74, 6) is 2.34. The monoisotopic (exact) mass is 463 g/mol. The molecule has 0 bridgehead atoms. The number of amides is 1. The van der Waals surface area contributed by atoms with Gasteiger partial charge in [-0.25, -0.2) is 4.98 Å². The summed E-state index contributed by atoms with van der Waals surface area (Å²) in [6.07, 6.45) is 5.57. The molecule has 7 heteroatoms. The maximum absolute atomic E-state index is 13.5. The van der Waals surface area contributed by atoms with E-state index in [4.69, 9.17) is 14.5 Å². The summed E-state index contributed by atoms with van der Waals surface area (Å²) in [5, 5.41) is 4.22. The third-order valence-corrected chi connectivity index (χ3v) is 8.68. The number of hydrogen-bond acceptors (Lipinski definition) is 6. The molecule has 33 heavy (non-hydrogen) atoms. The maximum atomic E-state index is 13.5. The van der Waals surface area contributed by atoms with Crippen LogP contribution >= 0.6 is 11.3 Å². The van der Waals surface area contributed by atoms with E-state index in [1.165, 1.54) is 17.7 Å². The molecule has 1 N–H and O–H groups in total. The van der Waals surface area contributed by atoms with Gasteiger partial charge in [0.2, 0.25) is 6.79 Å². The highest BCUT2D eigenvalue weighted by Crippen LogP contribution is 2.47. The number of benzene rings is 2. The van der Waals surface area contributed by atoms with Gasteiger partial charge in [-0.2, -0.15) is 0 Å². The molecule has 1 aliphatic carbocycles. The first-order valence-corrected chi connectivity index (χ1v) is 12.8. The summed E-state index contributed by atoms with van der Waals surface area (Å²) in [6, 6.07) is 10.5. The standard InChI is InChI=1S/C26H29N3O3S/c1-15-7-5-10-19(16(15)2)27-25(30)18-13-21-23(32-14-31-21)24-22(18)28-26(33-24)29-12-6-9-17-8-3-4-11-20(17)29/h3-4,8,11,13,15-16,19H,5-7,9-10,12,14H2,1-2H3,(H,27,30). The van der Waals surface area contributed by atoms with Gasteiger partial charge in [0.25, 0.3) is 5.91 Å². The highest BCUT2D eigenvalue weighted by atomic mass is 32.1. The van der Waals surface area contributed by atoms with Gasteiger partial charge in [0.15, 0.2) is 16.6 Å². The van der Waals surface area contributed by atoms with Crippen molar-refractivity contribution >= 4 is 38.3 Å². The van der Waals surface area contributed by atoms with Crippen LogP contribution in [0.1, 0.15) is 55.5 Å². The fourth-order valence-electron chi connectivity index (χ4n) is 5.47. The van der Waals surface area contributed by atoms with Crippen LogP contribution in [-0.4, -0.2) is 30.3 Å². The first kappa shape index (κ1) is 20.8. The van der Waals surface area contributed by atoms with Crippen LogP contribution in [0.15, 0.2) is 30.3 Å². The average Bonchev–Trinajstić information content (AvgIpc) is 3.48. The van der Waals surface area contributed by atoms with E-state index in [0.29, 0.717) is 34.4 Å². The van der Waals surface area contributed by atoms with Crippen molar-refractivity contribution in [2.45, 2.75) is 52.0 Å². The minimum Gasteiger partial charge on any atom is -0.454 e. The largest absolute Gasteiger partial charge is 0.454 e. The van der Waals surface area contributed by atoms with Crippen LogP contribution in [-0.2, 0) is 6.42 Å². The molecule has 3 unspecified atom stereocenters. The van der Waals surface area contributed by atoms with Gasteiger partial charge in [-0.05, 0) is 48.8 Å². The van der Waals surface area contributed by atoms with Gasteiger partial charge in [-0.1, -0.05) is 56.2 Å². The summed E-state index contributed by atoms with van der Waals surface area (Å²) in [7, 11) is 0. The Morgan fingerprint density at radius 2 is 2.06 bits per heavy atom. The Morgan fingerprint density at radius 3 is 2.97 bits per heavy atom. The Morgan fingerprint density at radius 1 is 1.18 bits per heavy atom. The van der Waals surface area contributed by atoms with Gasteiger partial charge >= 0.3 is 0 Å². The lowest BCUT2D eigenvalue weighted by Crippen LogP contribution is -2.43. The zero-order valence-corrected chi connectivity index (χ0v) is 19.9. The molecule has 3 aliphatic rings. The van der Waals surface area contributed by atoms with Gasteiger partial charge in [0.1, 0.15) is 10.2 Å². The molecule has 0 radical (unpaired) electrons. The van der Waals surface area contributed by atoms with E-state index in [0.717, 1.165) is 42.1 Å². The van der Waals surface area contributed by atoms with E-state index < -0.39 is 0 Å². The summed E-state index contributed by atoms with van der Waals surface area (Å²) < 4.78 is 12.4. The van der Waals surface area contributed by atoms with Crippen molar-refractivity contribution in [3.05, 3.63) is 41.5 Å². The van der Waals surface area contributed by atoms with E-state index >= 15 is 0 Å². The van der Waals surface area contributed by atoms with E-state index in [9.17, 15) is 4.79 Å². The smallest absolute Gasteiger partial charge is 0.253 e. The second kappa shape index (κ2) is 8.20. The van der Waals surface area contributed by atoms with Crippen LogP contribution in [0.5, 0.6) is 11.5 Å². The Hall–Kier alpha value is -2.80. The van der Waals surface area contributed by atoms with Crippen molar-refractivity contribution in [1.82, 2.24) is 10.3 Å². The molecule has 0 spiro atoms. The Balaban J connectivity index is 1.40. The molecule has 1 fully saturated rings. The van der Waals surface area contributed by atoms with Crippen LogP contribution in [0.2, 0.25) is 0 Å². The third kappa shape index (κ3) is 3.53. The summed E-state index contributed by atoms with van der Waals surface area (Å²) >= 11 is 1.58. The second-order valence-electron chi connectivity index (χ2n) is 9.56. The number of rotatable bonds is 3. The zero-order chi connectivity index (χ0) is 22.5. The van der Waals surface area contributed by atoms with Crippen LogP contribution in [0.4, 0.5) is 10.8 Å². The fraction of sp³-hybridized carbons (Fsp3) is 0.462. The Bertz CT molecular complexity index is 1220. The second-order valence-corrected chi connectivity index (χ2v) is 10.5. The molecule has 6 nitrogen and oxygen atoms in total. The Kier molecular flexibility index (Phi) is 5.17. The van der Waals surface area contributed by atoms with Crippen LogP contribution in [0, 0.1) is 11.8 Å². The summed E-state index contributed by atoms with van der Waals surface area (Å²) in [4.78, 5) is 20.8. The molecule has 3 aromatic rings. The number of aromatic nitrogens is 1. The number of anilines is 2.